The fourth-order valence-corrected chi connectivity index (χ4v) is 0.304. The summed E-state index contributed by atoms with van der Waals surface area (Å²) in [6.07, 6.45) is 0.323. The van der Waals surface area contributed by atoms with Gasteiger partial charge in [0.25, 0.3) is 23.9 Å². The fraction of sp³-hybridized carbons (Fsp3) is 0.692. The highest BCUT2D eigenvalue weighted by molar-refractivity contribution is 5.63. The molecular weight excluding hydrogens is 314 g/mol. The van der Waals surface area contributed by atoms with Crippen LogP contribution in [0.3, 0.4) is 0 Å². The van der Waals surface area contributed by atoms with Gasteiger partial charge in [-0.15, -0.1) is 0 Å². The van der Waals surface area contributed by atoms with Gasteiger partial charge < -0.3 is 30.9 Å². The summed E-state index contributed by atoms with van der Waals surface area (Å²) in [5.74, 6) is -3.33. The summed E-state index contributed by atoms with van der Waals surface area (Å²) >= 11 is 0. The van der Waals surface area contributed by atoms with Gasteiger partial charge in [0.1, 0.15) is 0 Å². The zero-order valence-electron chi connectivity index (χ0n) is 14.4. The molecule has 0 aromatic rings. The Hall–Kier alpha value is -2.20. The van der Waals surface area contributed by atoms with Gasteiger partial charge in [0.2, 0.25) is 0 Å². The van der Waals surface area contributed by atoms with Gasteiger partial charge in [-0.25, -0.2) is 0 Å². The summed E-state index contributed by atoms with van der Waals surface area (Å²) in [5, 5.41) is 29.7. The van der Waals surface area contributed by atoms with Crippen molar-refractivity contribution in [3.05, 3.63) is 0 Å². The molecular formula is C13H29NO9. The third kappa shape index (κ3) is 1940. The molecule has 0 bridgehead atoms. The second-order valence-electron chi connectivity index (χ2n) is 3.78. The number of hydrogen-bond acceptors (Lipinski definition) is 6. The maximum Gasteiger partial charge on any atom is 0.300 e. The lowest BCUT2D eigenvalue weighted by Gasteiger charge is -2.03. The molecule has 0 saturated carbocycles. The van der Waals surface area contributed by atoms with Crippen LogP contribution >= 0.6 is 0 Å². The molecule has 0 aliphatic heterocycles. The van der Waals surface area contributed by atoms with Crippen LogP contribution in [0.4, 0.5) is 0 Å². The number of carboxylic acid groups (broad SMARTS) is 4. The van der Waals surface area contributed by atoms with Gasteiger partial charge >= 0.3 is 0 Å². The highest BCUT2D eigenvalue weighted by atomic mass is 16.5. The second-order valence-corrected chi connectivity index (χ2v) is 3.78. The van der Waals surface area contributed by atoms with Gasteiger partial charge in [-0.2, -0.15) is 0 Å². The Balaban J connectivity index is -0.0000000604. The number of aliphatic carboxylic acids is 4. The van der Waals surface area contributed by atoms with Gasteiger partial charge in [0.05, 0.1) is 12.7 Å². The molecule has 10 nitrogen and oxygen atoms in total. The van der Waals surface area contributed by atoms with Crippen molar-refractivity contribution < 1.29 is 44.3 Å². The molecule has 0 radical (unpaired) electrons. The van der Waals surface area contributed by atoms with E-state index < -0.39 is 23.9 Å². The molecule has 0 spiro atoms. The molecule has 0 saturated heterocycles. The van der Waals surface area contributed by atoms with Crippen LogP contribution in [0, 0.1) is 0 Å². The Kier molecular flexibility index (Phi) is 39.8. The monoisotopic (exact) mass is 343 g/mol. The average Bonchev–Trinajstić information content (AvgIpc) is 2.22. The lowest BCUT2D eigenvalue weighted by atomic mass is 10.5. The van der Waals surface area contributed by atoms with Crippen LogP contribution in [-0.4, -0.2) is 63.6 Å². The average molecular weight is 343 g/mol. The molecule has 6 N–H and O–H groups in total. The number of carbonyl (C=O) groups is 4. The van der Waals surface area contributed by atoms with Crippen molar-refractivity contribution in [3.8, 4) is 0 Å². The maximum absolute atomic E-state index is 9.00. The van der Waals surface area contributed by atoms with E-state index in [2.05, 4.69) is 0 Å². The van der Waals surface area contributed by atoms with Gasteiger partial charge in [0.15, 0.2) is 0 Å². The molecule has 0 amide bonds. The summed E-state index contributed by atoms with van der Waals surface area (Å²) in [4.78, 5) is 36.0. The van der Waals surface area contributed by atoms with Crippen LogP contribution in [0.2, 0.25) is 0 Å². The first-order chi connectivity index (χ1) is 10.2. The first-order valence-corrected chi connectivity index (χ1v) is 6.30. The van der Waals surface area contributed by atoms with Crippen molar-refractivity contribution in [2.45, 2.75) is 47.6 Å². The van der Waals surface area contributed by atoms with Crippen molar-refractivity contribution in [1.82, 2.24) is 0 Å². The predicted molar refractivity (Wildman–Crippen MR) is 83.4 cm³/mol. The van der Waals surface area contributed by atoms with Gasteiger partial charge in [0, 0.05) is 34.2 Å². The van der Waals surface area contributed by atoms with E-state index in [1.807, 2.05) is 13.8 Å². The van der Waals surface area contributed by atoms with Crippen molar-refractivity contribution in [2.75, 3.05) is 13.2 Å². The first kappa shape index (κ1) is 32.7. The minimum atomic E-state index is -0.833. The molecule has 0 heterocycles. The third-order valence-electron chi connectivity index (χ3n) is 0.569. The molecule has 0 aliphatic rings. The Bertz CT molecular complexity index is 240. The third-order valence-corrected chi connectivity index (χ3v) is 0.569. The molecule has 0 aromatic heterocycles. The number of nitrogens with two attached hydrogens (primary N) is 1. The minimum absolute atomic E-state index is 0.323. The van der Waals surface area contributed by atoms with Crippen molar-refractivity contribution in [1.29, 1.82) is 0 Å². The smallest absolute Gasteiger partial charge is 0.300 e. The van der Waals surface area contributed by atoms with Crippen molar-refractivity contribution in [2.24, 2.45) is 5.73 Å². The largest absolute Gasteiger partial charge is 0.481 e. The van der Waals surface area contributed by atoms with Crippen LogP contribution in [0.15, 0.2) is 0 Å². The van der Waals surface area contributed by atoms with Gasteiger partial charge in [-0.3, -0.25) is 19.2 Å². The summed E-state index contributed by atoms with van der Waals surface area (Å²) in [7, 11) is 0. The number of ether oxygens (including phenoxy) is 1. The van der Waals surface area contributed by atoms with Crippen molar-refractivity contribution >= 4 is 23.9 Å². The zero-order chi connectivity index (χ0) is 20.0. The van der Waals surface area contributed by atoms with Crippen LogP contribution in [-0.2, 0) is 23.9 Å². The van der Waals surface area contributed by atoms with Gasteiger partial charge in [-0.1, -0.05) is 0 Å². The molecule has 0 aliphatic carbocycles. The number of carboxylic acids is 4. The standard InChI is InChI=1S/C5H13NO.4C2H4O2/c1-5(2)7-4-3-6;4*1-2(3)4/h5H,3-4,6H2,1-2H3;4*1H3,(H,3,4). The van der Waals surface area contributed by atoms with E-state index >= 15 is 0 Å². The van der Waals surface area contributed by atoms with E-state index in [9.17, 15) is 0 Å². The summed E-state index contributed by atoms with van der Waals surface area (Å²) < 4.78 is 5.07. The van der Waals surface area contributed by atoms with Gasteiger partial charge in [-0.05, 0) is 13.8 Å². The van der Waals surface area contributed by atoms with E-state index in [-0.39, 0.29) is 0 Å². The van der Waals surface area contributed by atoms with Crippen LogP contribution < -0.4 is 5.73 Å². The lowest BCUT2D eigenvalue weighted by molar-refractivity contribution is -0.135. The molecule has 0 rings (SSSR count). The predicted octanol–water partition coefficient (Wildman–Crippen LogP) is 0.734. The molecule has 0 aromatic carbocycles. The fourth-order valence-electron chi connectivity index (χ4n) is 0.304. The topological polar surface area (TPSA) is 184 Å². The molecule has 0 fully saturated rings. The van der Waals surface area contributed by atoms with E-state index in [4.69, 9.17) is 50.1 Å². The molecule has 0 unspecified atom stereocenters. The Morgan fingerprint density at radius 3 is 1.00 bits per heavy atom. The highest BCUT2D eigenvalue weighted by Crippen LogP contribution is 1.83. The summed E-state index contributed by atoms with van der Waals surface area (Å²) in [6, 6.07) is 0. The molecule has 140 valence electrons. The quantitative estimate of drug-likeness (QED) is 0.489. The van der Waals surface area contributed by atoms with E-state index in [1.54, 1.807) is 0 Å². The Morgan fingerprint density at radius 2 is 0.957 bits per heavy atom. The Labute approximate surface area is 135 Å². The molecule has 0 atom stereocenters. The maximum atomic E-state index is 9.00. The van der Waals surface area contributed by atoms with Crippen LogP contribution in [0.25, 0.3) is 0 Å². The highest BCUT2D eigenvalue weighted by Gasteiger charge is 1.87. The van der Waals surface area contributed by atoms with Crippen LogP contribution in [0.1, 0.15) is 41.5 Å². The number of rotatable bonds is 3. The minimum Gasteiger partial charge on any atom is -0.481 e. The molecule has 23 heavy (non-hydrogen) atoms. The van der Waals surface area contributed by atoms with Crippen LogP contribution in [0.5, 0.6) is 0 Å². The van der Waals surface area contributed by atoms with E-state index in [1.165, 1.54) is 0 Å². The number of hydrogen-bond donors (Lipinski definition) is 5. The van der Waals surface area contributed by atoms with Crippen molar-refractivity contribution in [3.63, 3.8) is 0 Å². The summed E-state index contributed by atoms with van der Waals surface area (Å²) in [6.45, 7) is 9.63. The Morgan fingerprint density at radius 1 is 0.783 bits per heavy atom. The van der Waals surface area contributed by atoms with E-state index in [0.29, 0.717) is 19.3 Å². The molecule has 10 heteroatoms. The normalized spacial score (nSPS) is 7.48. The SMILES string of the molecule is CC(=O)O.CC(=O)O.CC(=O)O.CC(=O)O.CC(C)OCCN. The first-order valence-electron chi connectivity index (χ1n) is 6.30. The second kappa shape index (κ2) is 28.0. The summed E-state index contributed by atoms with van der Waals surface area (Å²) in [5.41, 5.74) is 5.15. The lowest BCUT2D eigenvalue weighted by Crippen LogP contribution is -2.12. The van der Waals surface area contributed by atoms with E-state index in [0.717, 1.165) is 27.7 Å². The zero-order valence-corrected chi connectivity index (χ0v) is 14.4.